The second-order valence-corrected chi connectivity index (χ2v) is 8.26. The van der Waals surface area contributed by atoms with Crippen molar-refractivity contribution in [1.82, 2.24) is 5.32 Å². The van der Waals surface area contributed by atoms with Crippen LogP contribution in [0.25, 0.3) is 33.1 Å². The number of nitrogens with one attached hydrogen (secondary N) is 1. The van der Waals surface area contributed by atoms with Gasteiger partial charge in [-0.2, -0.15) is 0 Å². The van der Waals surface area contributed by atoms with E-state index < -0.39 is 23.5 Å². The number of hydrogen-bond acceptors (Lipinski definition) is 6. The average Bonchev–Trinajstić information content (AvgIpc) is 3.18. The summed E-state index contributed by atoms with van der Waals surface area (Å²) in [7, 11) is 0. The fourth-order valence-electron chi connectivity index (χ4n) is 4.01. The van der Waals surface area contributed by atoms with Gasteiger partial charge in [0.05, 0.1) is 30.3 Å². The topological polar surface area (TPSA) is 113 Å². The number of amides is 1. The minimum absolute atomic E-state index is 0.188. The second kappa shape index (κ2) is 8.94. The third-order valence-corrected chi connectivity index (χ3v) is 5.88. The van der Waals surface area contributed by atoms with E-state index in [0.717, 1.165) is 22.1 Å². The summed E-state index contributed by atoms with van der Waals surface area (Å²) in [5.74, 6) is -1.92. The summed E-state index contributed by atoms with van der Waals surface area (Å²) in [6, 6.07) is 10.5. The van der Waals surface area contributed by atoms with Crippen molar-refractivity contribution in [2.75, 3.05) is 0 Å². The van der Waals surface area contributed by atoms with Crippen LogP contribution in [0.15, 0.2) is 56.3 Å². The van der Waals surface area contributed by atoms with Crippen LogP contribution >= 0.6 is 0 Å². The van der Waals surface area contributed by atoms with E-state index in [1.807, 2.05) is 44.2 Å². The molecule has 4 rings (SSSR count). The maximum Gasteiger partial charge on any atom is 0.340 e. The lowest BCUT2D eigenvalue weighted by molar-refractivity contribution is -0.308. The SMILES string of the molecule is CCC[C@H](NC(=O)Cc1c(C)c2cc3c(-c4ccc(C)cc4)coc3cc2oc1=O)C(=O)[O-]. The van der Waals surface area contributed by atoms with Crippen molar-refractivity contribution >= 4 is 33.8 Å². The molecule has 1 amide bonds. The van der Waals surface area contributed by atoms with Crippen molar-refractivity contribution < 1.29 is 23.5 Å². The van der Waals surface area contributed by atoms with Crippen LogP contribution in [0.2, 0.25) is 0 Å². The van der Waals surface area contributed by atoms with Crippen LogP contribution in [0.5, 0.6) is 0 Å². The molecule has 0 fully saturated rings. The molecule has 0 saturated carbocycles. The molecule has 0 saturated heterocycles. The quantitative estimate of drug-likeness (QED) is 0.436. The molecule has 0 radical (unpaired) electrons. The third kappa shape index (κ3) is 4.39. The van der Waals surface area contributed by atoms with Crippen molar-refractivity contribution in [3.63, 3.8) is 0 Å². The first kappa shape index (κ1) is 22.3. The van der Waals surface area contributed by atoms with E-state index in [9.17, 15) is 19.5 Å². The van der Waals surface area contributed by atoms with Crippen LogP contribution in [0, 0.1) is 13.8 Å². The van der Waals surface area contributed by atoms with Gasteiger partial charge in [0.15, 0.2) is 0 Å². The number of carboxylic acid groups (broad SMARTS) is 1. The molecule has 2 aromatic carbocycles. The fraction of sp³-hybridized carbons (Fsp3) is 0.269. The van der Waals surface area contributed by atoms with E-state index in [4.69, 9.17) is 8.83 Å². The predicted molar refractivity (Wildman–Crippen MR) is 123 cm³/mol. The second-order valence-electron chi connectivity index (χ2n) is 8.26. The first-order valence-electron chi connectivity index (χ1n) is 10.8. The number of carboxylic acids is 1. The maximum absolute atomic E-state index is 12.6. The summed E-state index contributed by atoms with van der Waals surface area (Å²) < 4.78 is 11.2. The van der Waals surface area contributed by atoms with Gasteiger partial charge in [0.25, 0.3) is 0 Å². The molecule has 170 valence electrons. The van der Waals surface area contributed by atoms with Crippen LogP contribution in [0.3, 0.4) is 0 Å². The number of aliphatic carboxylic acids is 1. The molecule has 2 heterocycles. The Kier molecular flexibility index (Phi) is 6.05. The highest BCUT2D eigenvalue weighted by Gasteiger charge is 2.19. The van der Waals surface area contributed by atoms with E-state index in [-0.39, 0.29) is 18.4 Å². The highest BCUT2D eigenvalue weighted by atomic mass is 16.4. The number of rotatable bonds is 7. The van der Waals surface area contributed by atoms with E-state index in [1.165, 1.54) is 0 Å². The molecule has 0 unspecified atom stereocenters. The zero-order valence-electron chi connectivity index (χ0n) is 18.7. The minimum atomic E-state index is -1.35. The molecule has 0 spiro atoms. The summed E-state index contributed by atoms with van der Waals surface area (Å²) in [5.41, 5.74) is 4.16. The highest BCUT2D eigenvalue weighted by Crippen LogP contribution is 2.34. The maximum atomic E-state index is 12.6. The fourth-order valence-corrected chi connectivity index (χ4v) is 4.01. The molecular formula is C26H24NO6-. The Morgan fingerprint density at radius 1 is 1.06 bits per heavy atom. The van der Waals surface area contributed by atoms with E-state index in [1.54, 1.807) is 19.3 Å². The number of aryl methyl sites for hydroxylation is 2. The number of hydrogen-bond donors (Lipinski definition) is 1. The van der Waals surface area contributed by atoms with Crippen molar-refractivity contribution in [1.29, 1.82) is 0 Å². The standard InChI is InChI=1S/C26H25NO6/c1-4-5-21(25(29)30)27-24(28)11-18-15(3)17-10-19-20(16-8-6-14(2)7-9-16)13-32-22(19)12-23(17)33-26(18)31/h6-10,12-13,21H,4-5,11H2,1-3H3,(H,27,28)(H,29,30)/p-1/t21-/m0/s1. The first-order chi connectivity index (χ1) is 15.8. The Hall–Kier alpha value is -3.87. The number of furan rings is 1. The Balaban J connectivity index is 1.74. The lowest BCUT2D eigenvalue weighted by atomic mass is 9.99. The molecule has 4 aromatic rings. The smallest absolute Gasteiger partial charge is 0.340 e. The van der Waals surface area contributed by atoms with Gasteiger partial charge in [0, 0.05) is 22.4 Å². The number of carbonyl (C=O) groups excluding carboxylic acids is 2. The molecule has 0 bridgehead atoms. The average molecular weight is 446 g/mol. The third-order valence-electron chi connectivity index (χ3n) is 5.88. The van der Waals surface area contributed by atoms with Crippen LogP contribution in [0.4, 0.5) is 0 Å². The first-order valence-corrected chi connectivity index (χ1v) is 10.8. The Morgan fingerprint density at radius 3 is 2.45 bits per heavy atom. The van der Waals surface area contributed by atoms with Crippen LogP contribution in [-0.2, 0) is 16.0 Å². The largest absolute Gasteiger partial charge is 0.548 e. The molecule has 1 N–H and O–H groups in total. The molecule has 0 aliphatic heterocycles. The van der Waals surface area contributed by atoms with Crippen LogP contribution in [-0.4, -0.2) is 17.9 Å². The molecule has 1 atom stereocenters. The zero-order chi connectivity index (χ0) is 23.7. The molecule has 33 heavy (non-hydrogen) atoms. The Labute approximate surface area is 190 Å². The summed E-state index contributed by atoms with van der Waals surface area (Å²) in [4.78, 5) is 36.3. The van der Waals surface area contributed by atoms with Crippen molar-refractivity contribution in [2.24, 2.45) is 0 Å². The predicted octanol–water partition coefficient (Wildman–Crippen LogP) is 3.40. The molecule has 7 nitrogen and oxygen atoms in total. The number of benzene rings is 2. The molecule has 0 aliphatic carbocycles. The Morgan fingerprint density at radius 2 is 1.79 bits per heavy atom. The van der Waals surface area contributed by atoms with Gasteiger partial charge in [-0.25, -0.2) is 4.79 Å². The van der Waals surface area contributed by atoms with Gasteiger partial charge in [-0.3, -0.25) is 4.79 Å². The summed E-state index contributed by atoms with van der Waals surface area (Å²) in [6.07, 6.45) is 2.20. The minimum Gasteiger partial charge on any atom is -0.548 e. The Bertz CT molecular complexity index is 1410. The highest BCUT2D eigenvalue weighted by molar-refractivity contribution is 6.02. The lowest BCUT2D eigenvalue weighted by Crippen LogP contribution is -2.48. The van der Waals surface area contributed by atoms with E-state index >= 15 is 0 Å². The van der Waals surface area contributed by atoms with Crippen LogP contribution < -0.4 is 16.0 Å². The molecule has 7 heteroatoms. The normalized spacial score (nSPS) is 12.2. The van der Waals surface area contributed by atoms with Gasteiger partial charge >= 0.3 is 5.63 Å². The van der Waals surface area contributed by atoms with Crippen molar-refractivity contribution in [3.05, 3.63) is 69.8 Å². The van der Waals surface area contributed by atoms with Gasteiger partial charge < -0.3 is 24.1 Å². The number of fused-ring (bicyclic) bond motifs is 2. The number of carbonyl (C=O) groups is 2. The summed E-state index contributed by atoms with van der Waals surface area (Å²) >= 11 is 0. The van der Waals surface area contributed by atoms with Gasteiger partial charge in [0.1, 0.15) is 11.2 Å². The van der Waals surface area contributed by atoms with Gasteiger partial charge in [-0.05, 0) is 37.5 Å². The summed E-state index contributed by atoms with van der Waals surface area (Å²) in [6.45, 7) is 5.58. The van der Waals surface area contributed by atoms with E-state index in [0.29, 0.717) is 28.5 Å². The molecule has 2 aromatic heterocycles. The van der Waals surface area contributed by atoms with Crippen molar-refractivity contribution in [2.45, 2.75) is 46.1 Å². The van der Waals surface area contributed by atoms with Crippen molar-refractivity contribution in [3.8, 4) is 11.1 Å². The van der Waals surface area contributed by atoms with Crippen LogP contribution in [0.1, 0.15) is 36.5 Å². The zero-order valence-corrected chi connectivity index (χ0v) is 18.7. The van der Waals surface area contributed by atoms with E-state index in [2.05, 4.69) is 5.32 Å². The van der Waals surface area contributed by atoms with Gasteiger partial charge in [-0.15, -0.1) is 0 Å². The molecular weight excluding hydrogens is 422 g/mol. The summed E-state index contributed by atoms with van der Waals surface area (Å²) in [5, 5.41) is 15.2. The van der Waals surface area contributed by atoms with Gasteiger partial charge in [0.2, 0.25) is 5.91 Å². The van der Waals surface area contributed by atoms with Gasteiger partial charge in [-0.1, -0.05) is 43.2 Å². The molecule has 0 aliphatic rings. The lowest BCUT2D eigenvalue weighted by Gasteiger charge is -2.19. The monoisotopic (exact) mass is 446 g/mol.